The first-order valence-corrected chi connectivity index (χ1v) is 11.0. The van der Waals surface area contributed by atoms with Gasteiger partial charge in [-0.05, 0) is 61.4 Å². The predicted molar refractivity (Wildman–Crippen MR) is 124 cm³/mol. The monoisotopic (exact) mass is 422 g/mol. The summed E-state index contributed by atoms with van der Waals surface area (Å²) < 4.78 is 5.73. The van der Waals surface area contributed by atoms with Gasteiger partial charge in [-0.2, -0.15) is 0 Å². The fourth-order valence-corrected chi connectivity index (χ4v) is 3.86. The van der Waals surface area contributed by atoms with Gasteiger partial charge in [0.05, 0.1) is 0 Å². The lowest BCUT2D eigenvalue weighted by molar-refractivity contribution is -0.134. The number of benzene rings is 2. The van der Waals surface area contributed by atoms with Gasteiger partial charge in [0.15, 0.2) is 6.61 Å². The van der Waals surface area contributed by atoms with Crippen LogP contribution in [-0.4, -0.2) is 42.5 Å². The van der Waals surface area contributed by atoms with Crippen molar-refractivity contribution in [1.82, 2.24) is 10.2 Å². The Labute approximate surface area is 185 Å². The number of hydrogen-bond acceptors (Lipinski definition) is 3. The van der Waals surface area contributed by atoms with Crippen molar-refractivity contribution in [2.24, 2.45) is 0 Å². The fourth-order valence-electron chi connectivity index (χ4n) is 3.86. The highest BCUT2D eigenvalue weighted by atomic mass is 16.5. The number of rotatable bonds is 5. The topological polar surface area (TPSA) is 58.6 Å². The van der Waals surface area contributed by atoms with Crippen molar-refractivity contribution in [1.29, 1.82) is 0 Å². The summed E-state index contributed by atoms with van der Waals surface area (Å²) >= 11 is 0. The summed E-state index contributed by atoms with van der Waals surface area (Å²) in [7, 11) is 0. The summed E-state index contributed by atoms with van der Waals surface area (Å²) in [5.41, 5.74) is 4.15. The van der Waals surface area contributed by atoms with E-state index in [4.69, 9.17) is 4.74 Å². The zero-order valence-corrected chi connectivity index (χ0v) is 19.3. The van der Waals surface area contributed by atoms with E-state index in [1.807, 2.05) is 61.2 Å². The van der Waals surface area contributed by atoms with Gasteiger partial charge >= 0.3 is 0 Å². The summed E-state index contributed by atoms with van der Waals surface area (Å²) in [6.45, 7) is 11.8. The van der Waals surface area contributed by atoms with Crippen LogP contribution in [0.15, 0.2) is 42.5 Å². The number of amides is 2. The standard InChI is InChI=1S/C26H34N2O3/c1-18-6-11-23(19(2)16-18)31-17-24(29)28-14-12-22(13-15-28)27-25(30)20-7-9-21(10-8-20)26(3,4)5/h6-11,16,22H,12-15,17H2,1-5H3,(H,27,30). The molecule has 31 heavy (non-hydrogen) atoms. The molecule has 0 spiro atoms. The van der Waals surface area contributed by atoms with Crippen LogP contribution >= 0.6 is 0 Å². The molecular weight excluding hydrogens is 388 g/mol. The normalized spacial score (nSPS) is 14.9. The van der Waals surface area contributed by atoms with Gasteiger partial charge in [-0.3, -0.25) is 9.59 Å². The van der Waals surface area contributed by atoms with E-state index < -0.39 is 0 Å². The quantitative estimate of drug-likeness (QED) is 0.777. The van der Waals surface area contributed by atoms with Gasteiger partial charge in [-0.15, -0.1) is 0 Å². The van der Waals surface area contributed by atoms with Gasteiger partial charge < -0.3 is 15.0 Å². The number of carbonyl (C=O) groups is 2. The van der Waals surface area contributed by atoms with E-state index in [1.165, 1.54) is 11.1 Å². The van der Waals surface area contributed by atoms with Crippen molar-refractivity contribution < 1.29 is 14.3 Å². The number of aryl methyl sites for hydroxylation is 2. The van der Waals surface area contributed by atoms with Gasteiger partial charge in [0.25, 0.3) is 11.8 Å². The molecule has 1 saturated heterocycles. The highest BCUT2D eigenvalue weighted by molar-refractivity contribution is 5.94. The Morgan fingerprint density at radius 2 is 1.68 bits per heavy atom. The molecule has 5 nitrogen and oxygen atoms in total. The Morgan fingerprint density at radius 1 is 1.03 bits per heavy atom. The van der Waals surface area contributed by atoms with E-state index >= 15 is 0 Å². The molecule has 0 saturated carbocycles. The zero-order valence-electron chi connectivity index (χ0n) is 19.3. The molecule has 2 amide bonds. The molecule has 0 aromatic heterocycles. The lowest BCUT2D eigenvalue weighted by Gasteiger charge is -2.32. The highest BCUT2D eigenvalue weighted by Crippen LogP contribution is 2.22. The minimum Gasteiger partial charge on any atom is -0.484 e. The number of nitrogens with zero attached hydrogens (tertiary/aromatic N) is 1. The Morgan fingerprint density at radius 3 is 2.26 bits per heavy atom. The van der Waals surface area contributed by atoms with E-state index in [2.05, 4.69) is 26.1 Å². The fraction of sp³-hybridized carbons (Fsp3) is 0.462. The third-order valence-corrected chi connectivity index (χ3v) is 5.88. The first kappa shape index (κ1) is 22.9. The maximum atomic E-state index is 12.6. The molecule has 2 aromatic carbocycles. The number of likely N-dealkylation sites (tertiary alicyclic amines) is 1. The molecule has 5 heteroatoms. The van der Waals surface area contributed by atoms with Crippen LogP contribution in [0, 0.1) is 13.8 Å². The van der Waals surface area contributed by atoms with Gasteiger partial charge in [-0.1, -0.05) is 50.6 Å². The minimum absolute atomic E-state index is 0.0116. The number of hydrogen-bond donors (Lipinski definition) is 1. The van der Waals surface area contributed by atoms with E-state index in [0.717, 1.165) is 24.2 Å². The van der Waals surface area contributed by atoms with E-state index in [-0.39, 0.29) is 29.9 Å². The van der Waals surface area contributed by atoms with Crippen molar-refractivity contribution in [2.45, 2.75) is 58.9 Å². The molecule has 1 heterocycles. The SMILES string of the molecule is Cc1ccc(OCC(=O)N2CCC(NC(=O)c3ccc(C(C)(C)C)cc3)CC2)c(C)c1. The van der Waals surface area contributed by atoms with Gasteiger partial charge in [-0.25, -0.2) is 0 Å². The third-order valence-electron chi connectivity index (χ3n) is 5.88. The first-order chi connectivity index (χ1) is 14.6. The number of piperidine rings is 1. The third kappa shape index (κ3) is 6.09. The zero-order chi connectivity index (χ0) is 22.6. The van der Waals surface area contributed by atoms with E-state index in [9.17, 15) is 9.59 Å². The number of ether oxygens (including phenoxy) is 1. The largest absolute Gasteiger partial charge is 0.484 e. The Bertz CT molecular complexity index is 921. The molecule has 1 aliphatic rings. The molecule has 166 valence electrons. The van der Waals surface area contributed by atoms with Crippen LogP contribution in [0.4, 0.5) is 0 Å². The maximum absolute atomic E-state index is 12.6. The maximum Gasteiger partial charge on any atom is 0.260 e. The minimum atomic E-state index is -0.0524. The average molecular weight is 423 g/mol. The second kappa shape index (κ2) is 9.54. The summed E-state index contributed by atoms with van der Waals surface area (Å²) in [5, 5.41) is 3.12. The Balaban J connectivity index is 1.45. The molecule has 1 N–H and O–H groups in total. The van der Waals surface area contributed by atoms with E-state index in [0.29, 0.717) is 18.7 Å². The van der Waals surface area contributed by atoms with Crippen molar-refractivity contribution >= 4 is 11.8 Å². The molecule has 1 aliphatic heterocycles. The van der Waals surface area contributed by atoms with Crippen LogP contribution in [0.25, 0.3) is 0 Å². The molecule has 0 unspecified atom stereocenters. The van der Waals surface area contributed by atoms with Crippen molar-refractivity contribution in [2.75, 3.05) is 19.7 Å². The van der Waals surface area contributed by atoms with Crippen LogP contribution in [-0.2, 0) is 10.2 Å². The molecule has 0 atom stereocenters. The van der Waals surface area contributed by atoms with Crippen molar-refractivity contribution in [3.63, 3.8) is 0 Å². The predicted octanol–water partition coefficient (Wildman–Crippen LogP) is 4.40. The van der Waals surface area contributed by atoms with Crippen LogP contribution in [0.3, 0.4) is 0 Å². The summed E-state index contributed by atoms with van der Waals surface area (Å²) in [4.78, 5) is 26.9. The van der Waals surface area contributed by atoms with Crippen LogP contribution in [0.5, 0.6) is 5.75 Å². The van der Waals surface area contributed by atoms with Gasteiger partial charge in [0.2, 0.25) is 0 Å². The molecule has 3 rings (SSSR count). The molecular formula is C26H34N2O3. The second-order valence-corrected chi connectivity index (χ2v) is 9.51. The molecule has 0 bridgehead atoms. The van der Waals surface area contributed by atoms with Crippen LogP contribution < -0.4 is 10.1 Å². The Kier molecular flexibility index (Phi) is 7.04. The molecule has 1 fully saturated rings. The van der Waals surface area contributed by atoms with Crippen molar-refractivity contribution in [3.05, 3.63) is 64.7 Å². The van der Waals surface area contributed by atoms with Crippen molar-refractivity contribution in [3.8, 4) is 5.75 Å². The summed E-state index contributed by atoms with van der Waals surface area (Å²) in [6, 6.07) is 13.8. The number of nitrogens with one attached hydrogen (secondary N) is 1. The summed E-state index contributed by atoms with van der Waals surface area (Å²) in [6.07, 6.45) is 1.50. The second-order valence-electron chi connectivity index (χ2n) is 9.51. The van der Waals surface area contributed by atoms with Crippen LogP contribution in [0.2, 0.25) is 0 Å². The molecule has 2 aromatic rings. The first-order valence-electron chi connectivity index (χ1n) is 11.0. The van der Waals surface area contributed by atoms with Gasteiger partial charge in [0.1, 0.15) is 5.75 Å². The lowest BCUT2D eigenvalue weighted by atomic mass is 9.86. The van der Waals surface area contributed by atoms with Crippen LogP contribution in [0.1, 0.15) is 60.7 Å². The molecule has 0 aliphatic carbocycles. The molecule has 0 radical (unpaired) electrons. The van der Waals surface area contributed by atoms with E-state index in [1.54, 1.807) is 0 Å². The summed E-state index contributed by atoms with van der Waals surface area (Å²) in [5.74, 6) is 0.685. The lowest BCUT2D eigenvalue weighted by Crippen LogP contribution is -2.47. The smallest absolute Gasteiger partial charge is 0.260 e. The average Bonchev–Trinajstić information content (AvgIpc) is 2.73. The van der Waals surface area contributed by atoms with Gasteiger partial charge in [0, 0.05) is 24.7 Å². The number of carbonyl (C=O) groups excluding carboxylic acids is 2. The highest BCUT2D eigenvalue weighted by Gasteiger charge is 2.24. The Hall–Kier alpha value is -2.82.